The highest BCUT2D eigenvalue weighted by Gasteiger charge is 2.35. The van der Waals surface area contributed by atoms with Crippen molar-refractivity contribution in [2.45, 2.75) is 50.5 Å². The number of carbonyl (C=O) groups excluding carboxylic acids is 3. The largest absolute Gasteiger partial charge is 0.467 e. The Morgan fingerprint density at radius 3 is 2.74 bits per heavy atom. The first-order chi connectivity index (χ1) is 18.6. The van der Waals surface area contributed by atoms with Gasteiger partial charge in [0.05, 0.1) is 37.7 Å². The maximum absolute atomic E-state index is 13.7. The summed E-state index contributed by atoms with van der Waals surface area (Å²) in [6.45, 7) is 0.303. The summed E-state index contributed by atoms with van der Waals surface area (Å²) in [6, 6.07) is 4.10. The standard InChI is InChI=1S/C26H34F3N5O4S/c1-38-25(37)22(9-11-39-2)32-23(35)16-33(14-18-6-3-4-8-21(18)26(27,28)29)15-20-7-5-10-34(20)24(36)12-19-13-30-17-31-19/h3-4,6,8,13,17,20,22H,5,7,9-12,14-16H2,1-2H3,(H,30,31)(H,32,35)/t20-,22-/m0/s1. The van der Waals surface area contributed by atoms with Crippen LogP contribution >= 0.6 is 11.8 Å². The number of aromatic nitrogens is 2. The molecule has 0 radical (unpaired) electrons. The number of amides is 2. The Balaban J connectivity index is 1.79. The van der Waals surface area contributed by atoms with Gasteiger partial charge in [0.2, 0.25) is 11.8 Å². The molecule has 2 heterocycles. The molecule has 0 aliphatic carbocycles. The van der Waals surface area contributed by atoms with Crippen molar-refractivity contribution in [3.05, 3.63) is 53.6 Å². The molecule has 3 rings (SSSR count). The summed E-state index contributed by atoms with van der Waals surface area (Å²) in [5.41, 5.74) is -0.155. The Morgan fingerprint density at radius 1 is 1.31 bits per heavy atom. The van der Waals surface area contributed by atoms with Crippen molar-refractivity contribution in [2.24, 2.45) is 0 Å². The van der Waals surface area contributed by atoms with Gasteiger partial charge in [-0.05, 0) is 42.9 Å². The molecule has 1 aliphatic rings. The first-order valence-corrected chi connectivity index (χ1v) is 14.0. The Morgan fingerprint density at radius 2 is 2.08 bits per heavy atom. The van der Waals surface area contributed by atoms with Crippen LogP contribution in [0.5, 0.6) is 0 Å². The molecule has 9 nitrogen and oxygen atoms in total. The zero-order valence-electron chi connectivity index (χ0n) is 22.0. The summed E-state index contributed by atoms with van der Waals surface area (Å²) in [5, 5.41) is 2.67. The van der Waals surface area contributed by atoms with E-state index in [1.165, 1.54) is 43.4 Å². The molecule has 1 fully saturated rings. The van der Waals surface area contributed by atoms with E-state index >= 15 is 0 Å². The molecule has 0 spiro atoms. The number of ether oxygens (including phenoxy) is 1. The van der Waals surface area contributed by atoms with Gasteiger partial charge in [0.1, 0.15) is 6.04 Å². The molecule has 2 N–H and O–H groups in total. The molecule has 0 bridgehead atoms. The summed E-state index contributed by atoms with van der Waals surface area (Å²) in [6.07, 6.45) is 2.31. The SMILES string of the molecule is COC(=O)[C@H](CCSC)NC(=O)CN(Cc1ccccc1C(F)(F)F)C[C@@H]1CCCN1C(=O)Cc1c[nH]cn1. The molecule has 1 aromatic carbocycles. The molecule has 214 valence electrons. The third kappa shape index (κ3) is 8.99. The number of benzene rings is 1. The first-order valence-electron chi connectivity index (χ1n) is 12.6. The lowest BCUT2D eigenvalue weighted by Gasteiger charge is -2.31. The maximum atomic E-state index is 13.7. The number of aromatic amines is 1. The molecule has 13 heteroatoms. The zero-order chi connectivity index (χ0) is 28.4. The van der Waals surface area contributed by atoms with E-state index in [4.69, 9.17) is 4.74 Å². The van der Waals surface area contributed by atoms with Gasteiger partial charge in [-0.3, -0.25) is 14.5 Å². The average Bonchev–Trinajstić information content (AvgIpc) is 3.58. The summed E-state index contributed by atoms with van der Waals surface area (Å²) < 4.78 is 46.0. The lowest BCUT2D eigenvalue weighted by atomic mass is 10.1. The van der Waals surface area contributed by atoms with Crippen LogP contribution < -0.4 is 5.32 Å². The minimum atomic E-state index is -4.56. The van der Waals surface area contributed by atoms with E-state index in [0.717, 1.165) is 12.5 Å². The smallest absolute Gasteiger partial charge is 0.416 e. The second-order valence-corrected chi connectivity index (χ2v) is 10.4. The van der Waals surface area contributed by atoms with Crippen LogP contribution in [0.25, 0.3) is 0 Å². The third-order valence-electron chi connectivity index (χ3n) is 6.57. The molecule has 1 aromatic heterocycles. The van der Waals surface area contributed by atoms with Crippen molar-refractivity contribution in [1.82, 2.24) is 25.1 Å². The fourth-order valence-electron chi connectivity index (χ4n) is 4.73. The summed E-state index contributed by atoms with van der Waals surface area (Å²) in [5.74, 6) is -0.620. The van der Waals surface area contributed by atoms with Crippen molar-refractivity contribution in [3.63, 3.8) is 0 Å². The van der Waals surface area contributed by atoms with Crippen LogP contribution in [0.1, 0.15) is 36.1 Å². The van der Waals surface area contributed by atoms with Crippen LogP contribution in [0.4, 0.5) is 13.2 Å². The van der Waals surface area contributed by atoms with Crippen LogP contribution in [0.2, 0.25) is 0 Å². The van der Waals surface area contributed by atoms with Crippen molar-refractivity contribution in [3.8, 4) is 0 Å². The average molecular weight is 570 g/mol. The van der Waals surface area contributed by atoms with E-state index in [9.17, 15) is 27.6 Å². The first kappa shape index (κ1) is 30.5. The highest BCUT2D eigenvalue weighted by molar-refractivity contribution is 7.98. The second-order valence-electron chi connectivity index (χ2n) is 9.37. The van der Waals surface area contributed by atoms with Gasteiger partial charge in [-0.1, -0.05) is 18.2 Å². The molecular weight excluding hydrogens is 535 g/mol. The van der Waals surface area contributed by atoms with Gasteiger partial charge in [0.15, 0.2) is 0 Å². The van der Waals surface area contributed by atoms with Crippen molar-refractivity contribution < 1.29 is 32.3 Å². The molecule has 0 saturated carbocycles. The monoisotopic (exact) mass is 569 g/mol. The molecule has 39 heavy (non-hydrogen) atoms. The van der Waals surface area contributed by atoms with E-state index in [-0.39, 0.29) is 43.6 Å². The number of nitrogens with zero attached hydrogens (tertiary/aromatic N) is 3. The number of thioether (sulfide) groups is 1. The number of esters is 1. The van der Waals surface area contributed by atoms with Crippen LogP contribution in [0.15, 0.2) is 36.8 Å². The number of nitrogens with one attached hydrogen (secondary N) is 2. The number of methoxy groups -OCH3 is 1. The van der Waals surface area contributed by atoms with Gasteiger partial charge in [0, 0.05) is 31.9 Å². The number of imidazole rings is 1. The lowest BCUT2D eigenvalue weighted by molar-refractivity contribution is -0.145. The third-order valence-corrected chi connectivity index (χ3v) is 7.21. The number of alkyl halides is 3. The number of hydrogen-bond donors (Lipinski definition) is 2. The van der Waals surface area contributed by atoms with E-state index in [1.807, 2.05) is 6.26 Å². The molecule has 2 atom stereocenters. The maximum Gasteiger partial charge on any atom is 0.416 e. The topological polar surface area (TPSA) is 108 Å². The fourth-order valence-corrected chi connectivity index (χ4v) is 5.20. The number of rotatable bonds is 13. The number of likely N-dealkylation sites (tertiary alicyclic amines) is 1. The Labute approximate surface area is 229 Å². The van der Waals surface area contributed by atoms with Gasteiger partial charge in [0.25, 0.3) is 0 Å². The minimum Gasteiger partial charge on any atom is -0.467 e. The second kappa shape index (κ2) is 14.4. The van der Waals surface area contributed by atoms with Crippen LogP contribution in [-0.2, 0) is 38.3 Å². The summed E-state index contributed by atoms with van der Waals surface area (Å²) in [7, 11) is 1.23. The summed E-state index contributed by atoms with van der Waals surface area (Å²) >= 11 is 1.51. The molecule has 0 unspecified atom stereocenters. The number of carbonyl (C=O) groups is 3. The highest BCUT2D eigenvalue weighted by atomic mass is 32.2. The van der Waals surface area contributed by atoms with E-state index < -0.39 is 29.7 Å². The van der Waals surface area contributed by atoms with E-state index in [1.54, 1.807) is 16.0 Å². The van der Waals surface area contributed by atoms with E-state index in [2.05, 4.69) is 15.3 Å². The van der Waals surface area contributed by atoms with Crippen molar-refractivity contribution in [2.75, 3.05) is 38.8 Å². The minimum absolute atomic E-state index is 0.0251. The lowest BCUT2D eigenvalue weighted by Crippen LogP contribution is -2.49. The zero-order valence-corrected chi connectivity index (χ0v) is 22.8. The quantitative estimate of drug-likeness (QED) is 0.357. The van der Waals surface area contributed by atoms with Gasteiger partial charge < -0.3 is 19.9 Å². The normalized spacial score (nSPS) is 16.4. The number of hydrogen-bond acceptors (Lipinski definition) is 7. The van der Waals surface area contributed by atoms with Gasteiger partial charge in [-0.25, -0.2) is 9.78 Å². The summed E-state index contributed by atoms with van der Waals surface area (Å²) in [4.78, 5) is 48.4. The van der Waals surface area contributed by atoms with E-state index in [0.29, 0.717) is 30.8 Å². The van der Waals surface area contributed by atoms with Crippen LogP contribution in [0, 0.1) is 0 Å². The van der Waals surface area contributed by atoms with Crippen LogP contribution in [-0.4, -0.2) is 88.4 Å². The van der Waals surface area contributed by atoms with Gasteiger partial charge >= 0.3 is 12.1 Å². The predicted octanol–water partition coefficient (Wildman–Crippen LogP) is 2.88. The predicted molar refractivity (Wildman–Crippen MR) is 141 cm³/mol. The number of halogens is 3. The molecule has 1 saturated heterocycles. The Bertz CT molecular complexity index is 1100. The van der Waals surface area contributed by atoms with Crippen molar-refractivity contribution in [1.29, 1.82) is 0 Å². The molecular formula is C26H34F3N5O4S. The Hall–Kier alpha value is -3.06. The van der Waals surface area contributed by atoms with Crippen molar-refractivity contribution >= 4 is 29.5 Å². The molecule has 2 aromatic rings. The van der Waals surface area contributed by atoms with Crippen LogP contribution in [0.3, 0.4) is 0 Å². The van der Waals surface area contributed by atoms with Gasteiger partial charge in [-0.15, -0.1) is 0 Å². The Kier molecular flexibility index (Phi) is 11.2. The molecule has 2 amide bonds. The molecule has 1 aliphatic heterocycles. The fraction of sp³-hybridized carbons (Fsp3) is 0.538. The highest BCUT2D eigenvalue weighted by Crippen LogP contribution is 2.32. The van der Waals surface area contributed by atoms with Gasteiger partial charge in [-0.2, -0.15) is 24.9 Å². The number of H-pyrrole nitrogens is 1.